The van der Waals surface area contributed by atoms with E-state index >= 15 is 0 Å². The summed E-state index contributed by atoms with van der Waals surface area (Å²) in [5.41, 5.74) is 6.07. The van der Waals surface area contributed by atoms with Crippen molar-refractivity contribution in [2.75, 3.05) is 26.2 Å². The van der Waals surface area contributed by atoms with E-state index in [1.54, 1.807) is 24.3 Å². The van der Waals surface area contributed by atoms with Gasteiger partial charge < -0.3 is 21.3 Å². The number of rotatable bonds is 10. The summed E-state index contributed by atoms with van der Waals surface area (Å²) in [5.74, 6) is -2.34. The zero-order valence-corrected chi connectivity index (χ0v) is 23.1. The quantitative estimate of drug-likeness (QED) is 0.386. The second kappa shape index (κ2) is 12.7. The van der Waals surface area contributed by atoms with Gasteiger partial charge in [-0.1, -0.05) is 31.5 Å². The number of amides is 4. The Bertz CT molecular complexity index is 1140. The molecule has 0 aliphatic carbocycles. The minimum atomic E-state index is -3.74. The molecule has 0 saturated carbocycles. The summed E-state index contributed by atoms with van der Waals surface area (Å²) in [6.45, 7) is 6.15. The topological polar surface area (TPSA) is 159 Å². The van der Waals surface area contributed by atoms with Gasteiger partial charge in [-0.3, -0.25) is 19.2 Å². The van der Waals surface area contributed by atoms with Crippen LogP contribution in [0.2, 0.25) is 0 Å². The molecule has 38 heavy (non-hydrogen) atoms. The molecule has 4 amide bonds. The molecule has 0 bridgehead atoms. The van der Waals surface area contributed by atoms with Gasteiger partial charge in [0.1, 0.15) is 12.1 Å². The van der Waals surface area contributed by atoms with Gasteiger partial charge in [-0.05, 0) is 57.1 Å². The van der Waals surface area contributed by atoms with Gasteiger partial charge in [0, 0.05) is 19.6 Å². The third-order valence-corrected chi connectivity index (χ3v) is 8.89. The maximum absolute atomic E-state index is 13.5. The van der Waals surface area contributed by atoms with Crippen LogP contribution in [0, 0.1) is 18.8 Å². The molecule has 0 unspecified atom stereocenters. The fourth-order valence-electron chi connectivity index (χ4n) is 5.03. The van der Waals surface area contributed by atoms with E-state index in [1.165, 1.54) is 9.21 Å². The zero-order valence-electron chi connectivity index (χ0n) is 22.3. The molecule has 0 radical (unpaired) electrons. The lowest BCUT2D eigenvalue weighted by molar-refractivity contribution is -0.143. The molecule has 4 N–H and O–H groups in total. The van der Waals surface area contributed by atoms with E-state index in [0.717, 1.165) is 5.56 Å². The first-order valence-corrected chi connectivity index (χ1v) is 14.6. The van der Waals surface area contributed by atoms with E-state index in [0.29, 0.717) is 45.2 Å². The van der Waals surface area contributed by atoms with E-state index in [2.05, 4.69) is 10.6 Å². The molecule has 2 saturated heterocycles. The highest BCUT2D eigenvalue weighted by atomic mass is 32.2. The number of hydrogen-bond donors (Lipinski definition) is 3. The van der Waals surface area contributed by atoms with Crippen LogP contribution in [-0.4, -0.2) is 79.5 Å². The minimum absolute atomic E-state index is 0.0609. The lowest BCUT2D eigenvalue weighted by Crippen LogP contribution is -2.55. The molecule has 3 atom stereocenters. The van der Waals surface area contributed by atoms with Crippen molar-refractivity contribution in [1.29, 1.82) is 0 Å². The number of nitrogens with two attached hydrogens (primary N) is 1. The molecular formula is C26H39N5O6S. The minimum Gasteiger partial charge on any atom is -0.368 e. The fourth-order valence-corrected chi connectivity index (χ4v) is 6.55. The summed E-state index contributed by atoms with van der Waals surface area (Å²) in [7, 11) is -3.74. The first-order chi connectivity index (χ1) is 17.9. The van der Waals surface area contributed by atoms with E-state index in [1.807, 2.05) is 20.8 Å². The normalized spacial score (nSPS) is 21.2. The number of piperidine rings is 1. The Morgan fingerprint density at radius 2 is 1.71 bits per heavy atom. The molecule has 2 aliphatic rings. The van der Waals surface area contributed by atoms with E-state index in [9.17, 15) is 27.6 Å². The number of carbonyl (C=O) groups excluding carboxylic acids is 4. The van der Waals surface area contributed by atoms with Crippen LogP contribution in [0.25, 0.3) is 0 Å². The summed E-state index contributed by atoms with van der Waals surface area (Å²) in [6.07, 6.45) is 2.51. The molecule has 0 aromatic heterocycles. The highest BCUT2D eigenvalue weighted by Gasteiger charge is 2.41. The van der Waals surface area contributed by atoms with Crippen molar-refractivity contribution in [2.24, 2.45) is 17.6 Å². The molecule has 3 rings (SSSR count). The summed E-state index contributed by atoms with van der Waals surface area (Å²) in [4.78, 5) is 52.1. The van der Waals surface area contributed by atoms with Gasteiger partial charge >= 0.3 is 0 Å². The molecule has 2 fully saturated rings. The lowest BCUT2D eigenvalue weighted by Gasteiger charge is -2.35. The van der Waals surface area contributed by atoms with Gasteiger partial charge in [0.2, 0.25) is 33.7 Å². The predicted molar refractivity (Wildman–Crippen MR) is 141 cm³/mol. The summed E-state index contributed by atoms with van der Waals surface area (Å²) in [5, 5.41) is 5.19. The molecule has 0 spiro atoms. The largest absolute Gasteiger partial charge is 0.368 e. The first kappa shape index (κ1) is 29.6. The smallest absolute Gasteiger partial charge is 0.243 e. The van der Waals surface area contributed by atoms with E-state index in [4.69, 9.17) is 5.73 Å². The number of aryl methyl sites for hydroxylation is 1. The van der Waals surface area contributed by atoms with Crippen LogP contribution in [0.1, 0.15) is 51.5 Å². The Labute approximate surface area is 224 Å². The maximum Gasteiger partial charge on any atom is 0.243 e. The molecular weight excluding hydrogens is 510 g/mol. The number of likely N-dealkylation sites (tertiary alicyclic amines) is 1. The number of primary amides is 1. The van der Waals surface area contributed by atoms with Crippen molar-refractivity contribution in [3.05, 3.63) is 29.8 Å². The standard InChI is InChI=1S/C26H39N5O6S/c1-17(2)14-21(24(33)28-15-23(27)32)29-25(34)22-7-5-13-31(22)26(35)19-6-4-12-30(16-19)38(36,37)20-10-8-18(3)9-11-20/h8-11,17,19,21-22H,4-7,12-16H2,1-3H3,(H2,27,32)(H,28,33)(H,29,34)/t19-,21+,22+/m1/s1. The van der Waals surface area contributed by atoms with Crippen molar-refractivity contribution in [2.45, 2.75) is 69.9 Å². The Hall–Kier alpha value is -2.99. The molecule has 210 valence electrons. The fraction of sp³-hybridized carbons (Fsp3) is 0.615. The second-order valence-corrected chi connectivity index (χ2v) is 12.5. The predicted octanol–water partition coefficient (Wildman–Crippen LogP) is 0.519. The van der Waals surface area contributed by atoms with Crippen LogP contribution in [-0.2, 0) is 29.2 Å². The molecule has 12 heteroatoms. The summed E-state index contributed by atoms with van der Waals surface area (Å²) < 4.78 is 27.8. The van der Waals surface area contributed by atoms with Gasteiger partial charge in [0.15, 0.2) is 0 Å². The third kappa shape index (κ3) is 7.31. The molecule has 11 nitrogen and oxygen atoms in total. The maximum atomic E-state index is 13.5. The van der Waals surface area contributed by atoms with Gasteiger partial charge in [-0.25, -0.2) is 8.42 Å². The highest BCUT2D eigenvalue weighted by Crippen LogP contribution is 2.28. The SMILES string of the molecule is Cc1ccc(S(=O)(=O)N2CCC[C@@H](C(=O)N3CCC[C@H]3C(=O)N[C@@H](CC(C)C)C(=O)NCC(N)=O)C2)cc1. The van der Waals surface area contributed by atoms with Crippen molar-refractivity contribution in [3.8, 4) is 0 Å². The van der Waals surface area contributed by atoms with Crippen LogP contribution in [0.5, 0.6) is 0 Å². The number of sulfonamides is 1. The first-order valence-electron chi connectivity index (χ1n) is 13.1. The van der Waals surface area contributed by atoms with Crippen molar-refractivity contribution in [1.82, 2.24) is 19.8 Å². The van der Waals surface area contributed by atoms with E-state index < -0.39 is 45.7 Å². The monoisotopic (exact) mass is 549 g/mol. The zero-order chi connectivity index (χ0) is 28.0. The Balaban J connectivity index is 1.68. The molecule has 1 aromatic carbocycles. The number of hydrogen-bond acceptors (Lipinski definition) is 6. The summed E-state index contributed by atoms with van der Waals surface area (Å²) in [6, 6.07) is 5.02. The molecule has 2 heterocycles. The number of nitrogens with one attached hydrogen (secondary N) is 2. The highest BCUT2D eigenvalue weighted by molar-refractivity contribution is 7.89. The number of benzene rings is 1. The Morgan fingerprint density at radius 1 is 1.05 bits per heavy atom. The molecule has 1 aromatic rings. The van der Waals surface area contributed by atoms with Gasteiger partial charge in [0.05, 0.1) is 17.4 Å². The van der Waals surface area contributed by atoms with Crippen LogP contribution < -0.4 is 16.4 Å². The Kier molecular flexibility index (Phi) is 9.88. The van der Waals surface area contributed by atoms with Crippen LogP contribution in [0.4, 0.5) is 0 Å². The average molecular weight is 550 g/mol. The van der Waals surface area contributed by atoms with Crippen LogP contribution >= 0.6 is 0 Å². The van der Waals surface area contributed by atoms with Crippen molar-refractivity contribution in [3.63, 3.8) is 0 Å². The number of nitrogens with zero attached hydrogens (tertiary/aromatic N) is 2. The second-order valence-electron chi connectivity index (χ2n) is 10.6. The van der Waals surface area contributed by atoms with Crippen molar-refractivity contribution < 1.29 is 27.6 Å². The molecule has 2 aliphatic heterocycles. The van der Waals surface area contributed by atoms with E-state index in [-0.39, 0.29) is 29.8 Å². The van der Waals surface area contributed by atoms with Gasteiger partial charge in [0.25, 0.3) is 0 Å². The Morgan fingerprint density at radius 3 is 2.34 bits per heavy atom. The van der Waals surface area contributed by atoms with Crippen LogP contribution in [0.3, 0.4) is 0 Å². The van der Waals surface area contributed by atoms with Crippen LogP contribution in [0.15, 0.2) is 29.2 Å². The number of carbonyl (C=O) groups is 4. The van der Waals surface area contributed by atoms with Gasteiger partial charge in [-0.15, -0.1) is 0 Å². The summed E-state index contributed by atoms with van der Waals surface area (Å²) >= 11 is 0. The van der Waals surface area contributed by atoms with Gasteiger partial charge in [-0.2, -0.15) is 4.31 Å². The average Bonchev–Trinajstić information content (AvgIpc) is 3.36. The van der Waals surface area contributed by atoms with Crippen molar-refractivity contribution >= 4 is 33.7 Å². The third-order valence-electron chi connectivity index (χ3n) is 7.01. The lowest BCUT2D eigenvalue weighted by atomic mass is 9.97.